The summed E-state index contributed by atoms with van der Waals surface area (Å²) in [5, 5.41) is 9.81. The molecule has 2 N–H and O–H groups in total. The molecule has 1 aromatic heterocycles. The number of carbonyl (C=O) groups is 1. The van der Waals surface area contributed by atoms with E-state index < -0.39 is 0 Å². The quantitative estimate of drug-likeness (QED) is 0.670. The maximum atomic E-state index is 11.4. The minimum atomic E-state index is -0.281. The topological polar surface area (TPSA) is 69.3 Å². The number of nitrogens with zero attached hydrogens (tertiary/aromatic N) is 1. The smallest absolute Gasteiger partial charge is 0.274 e. The number of aryl methyl sites for hydroxylation is 1. The van der Waals surface area contributed by atoms with Crippen molar-refractivity contribution in [2.75, 3.05) is 7.05 Å². The Kier molecular flexibility index (Phi) is 2.07. The highest BCUT2D eigenvalue weighted by atomic mass is 16.3. The molecule has 0 atom stereocenters. The molecule has 5 heteroatoms. The first-order chi connectivity index (χ1) is 7.08. The summed E-state index contributed by atoms with van der Waals surface area (Å²) >= 11 is 0. The molecule has 0 radical (unpaired) electrons. The van der Waals surface area contributed by atoms with E-state index >= 15 is 0 Å². The van der Waals surface area contributed by atoms with E-state index in [-0.39, 0.29) is 11.9 Å². The number of hydrogen-bond acceptors (Lipinski definition) is 3. The highest BCUT2D eigenvalue weighted by molar-refractivity contribution is 6.14. The third-order valence-corrected chi connectivity index (χ3v) is 2.20. The van der Waals surface area contributed by atoms with Gasteiger partial charge < -0.3 is 9.32 Å². The van der Waals surface area contributed by atoms with Crippen LogP contribution in [0.4, 0.5) is 0 Å². The van der Waals surface area contributed by atoms with Crippen LogP contribution in [0.25, 0.3) is 6.08 Å². The number of furan rings is 1. The van der Waals surface area contributed by atoms with Gasteiger partial charge in [-0.25, -0.2) is 0 Å². The molecule has 0 aliphatic carbocycles. The zero-order chi connectivity index (χ0) is 11.0. The van der Waals surface area contributed by atoms with Crippen LogP contribution < -0.4 is 5.32 Å². The van der Waals surface area contributed by atoms with E-state index in [1.807, 2.05) is 13.0 Å². The normalized spacial score (nSPS) is 18.8. The molecule has 78 valence electrons. The zero-order valence-electron chi connectivity index (χ0n) is 8.50. The van der Waals surface area contributed by atoms with Crippen LogP contribution in [0.1, 0.15) is 11.5 Å². The van der Waals surface area contributed by atoms with Gasteiger partial charge in [0.2, 0.25) is 5.96 Å². The molecule has 2 heterocycles. The van der Waals surface area contributed by atoms with Gasteiger partial charge in [0, 0.05) is 13.1 Å². The lowest BCUT2D eigenvalue weighted by molar-refractivity contribution is -0.115. The highest BCUT2D eigenvalue weighted by Gasteiger charge is 2.27. The summed E-state index contributed by atoms with van der Waals surface area (Å²) in [4.78, 5) is 12.9. The second-order valence-corrected chi connectivity index (χ2v) is 3.34. The Morgan fingerprint density at radius 3 is 2.73 bits per heavy atom. The van der Waals surface area contributed by atoms with Gasteiger partial charge in [0.05, 0.1) is 0 Å². The lowest BCUT2D eigenvalue weighted by Gasteiger charge is -2.07. The summed E-state index contributed by atoms with van der Waals surface area (Å²) in [7, 11) is 1.65. The van der Waals surface area contributed by atoms with Crippen LogP contribution in [0.2, 0.25) is 0 Å². The maximum absolute atomic E-state index is 11.4. The summed E-state index contributed by atoms with van der Waals surface area (Å²) in [6.07, 6.45) is 1.61. The van der Waals surface area contributed by atoms with Gasteiger partial charge in [-0.15, -0.1) is 0 Å². The van der Waals surface area contributed by atoms with Crippen molar-refractivity contribution in [1.29, 1.82) is 5.41 Å². The summed E-state index contributed by atoms with van der Waals surface area (Å²) in [5.74, 6) is 1.20. The van der Waals surface area contributed by atoms with E-state index in [9.17, 15) is 4.79 Å². The molecule has 0 saturated carbocycles. The van der Waals surface area contributed by atoms with Gasteiger partial charge in [0.25, 0.3) is 5.91 Å². The van der Waals surface area contributed by atoms with Gasteiger partial charge in [-0.05, 0) is 19.1 Å². The predicted octanol–water partition coefficient (Wildman–Crippen LogP) is 0.925. The first-order valence-electron chi connectivity index (χ1n) is 4.49. The third kappa shape index (κ3) is 1.63. The average Bonchev–Trinajstić information content (AvgIpc) is 2.67. The largest absolute Gasteiger partial charge is 0.462 e. The minimum absolute atomic E-state index is 0.0783. The van der Waals surface area contributed by atoms with Crippen LogP contribution in [0.15, 0.2) is 22.2 Å². The number of likely N-dealkylation sites (N-methyl/N-ethyl adjacent to an activating group) is 1. The van der Waals surface area contributed by atoms with Crippen LogP contribution in [0, 0.1) is 12.3 Å². The fourth-order valence-corrected chi connectivity index (χ4v) is 1.36. The van der Waals surface area contributed by atoms with E-state index in [4.69, 9.17) is 9.83 Å². The fourth-order valence-electron chi connectivity index (χ4n) is 1.36. The molecule has 0 aromatic carbocycles. The fraction of sp³-hybridized carbons (Fsp3) is 0.200. The summed E-state index contributed by atoms with van der Waals surface area (Å²) < 4.78 is 5.32. The molecule has 1 saturated heterocycles. The second kappa shape index (κ2) is 3.27. The molecule has 5 nitrogen and oxygen atoms in total. The number of rotatable bonds is 1. The molecule has 1 amide bonds. The van der Waals surface area contributed by atoms with Crippen molar-refractivity contribution in [2.24, 2.45) is 0 Å². The van der Waals surface area contributed by atoms with Gasteiger partial charge in [-0.1, -0.05) is 0 Å². The standard InChI is InChI=1S/C10H11N3O2/c1-6-3-4-7(15-6)5-8-9(14)12-10(11)13(8)2/h3-5H,1-2H3,(H2,11,12,14)/b8-5+. The van der Waals surface area contributed by atoms with E-state index in [1.54, 1.807) is 19.2 Å². The molecule has 2 rings (SSSR count). The van der Waals surface area contributed by atoms with Crippen molar-refractivity contribution in [3.8, 4) is 0 Å². The molecule has 0 bridgehead atoms. The SMILES string of the molecule is Cc1ccc(/C=C2\C(=O)NC(=N)N2C)o1. The molecule has 1 aliphatic rings. The van der Waals surface area contributed by atoms with Gasteiger partial charge in [0.1, 0.15) is 17.2 Å². The van der Waals surface area contributed by atoms with Crippen molar-refractivity contribution in [2.45, 2.75) is 6.92 Å². The van der Waals surface area contributed by atoms with Crippen LogP contribution in [-0.4, -0.2) is 23.8 Å². The van der Waals surface area contributed by atoms with Crippen LogP contribution in [0.5, 0.6) is 0 Å². The van der Waals surface area contributed by atoms with Crippen LogP contribution in [-0.2, 0) is 4.79 Å². The number of amides is 1. The first kappa shape index (κ1) is 9.51. The summed E-state index contributed by atoms with van der Waals surface area (Å²) in [6.45, 7) is 1.84. The number of guanidine groups is 1. The first-order valence-corrected chi connectivity index (χ1v) is 4.49. The Bertz CT molecular complexity index is 459. The van der Waals surface area contributed by atoms with Crippen molar-refractivity contribution >= 4 is 17.9 Å². The molecule has 0 unspecified atom stereocenters. The van der Waals surface area contributed by atoms with Crippen molar-refractivity contribution in [3.05, 3.63) is 29.4 Å². The van der Waals surface area contributed by atoms with E-state index in [1.165, 1.54) is 4.90 Å². The summed E-state index contributed by atoms with van der Waals surface area (Å²) in [5.41, 5.74) is 0.411. The molecule has 1 fully saturated rings. The monoisotopic (exact) mass is 205 g/mol. The number of hydrogen-bond donors (Lipinski definition) is 2. The minimum Gasteiger partial charge on any atom is -0.462 e. The van der Waals surface area contributed by atoms with Gasteiger partial charge in [0.15, 0.2) is 0 Å². The van der Waals surface area contributed by atoms with Gasteiger partial charge in [-0.3, -0.25) is 15.5 Å². The van der Waals surface area contributed by atoms with Crippen LogP contribution in [0.3, 0.4) is 0 Å². The highest BCUT2D eigenvalue weighted by Crippen LogP contribution is 2.16. The molecular formula is C10H11N3O2. The molecular weight excluding hydrogens is 194 g/mol. The lowest BCUT2D eigenvalue weighted by atomic mass is 10.3. The van der Waals surface area contributed by atoms with Crippen molar-refractivity contribution < 1.29 is 9.21 Å². The van der Waals surface area contributed by atoms with E-state index in [0.29, 0.717) is 11.5 Å². The van der Waals surface area contributed by atoms with Gasteiger partial charge >= 0.3 is 0 Å². The lowest BCUT2D eigenvalue weighted by Crippen LogP contribution is -2.25. The molecule has 1 aromatic rings. The Balaban J connectivity index is 2.34. The number of carbonyl (C=O) groups excluding carboxylic acids is 1. The Labute approximate surface area is 86.9 Å². The second-order valence-electron chi connectivity index (χ2n) is 3.34. The third-order valence-electron chi connectivity index (χ3n) is 2.20. The summed E-state index contributed by atoms with van der Waals surface area (Å²) in [6, 6.07) is 3.61. The zero-order valence-corrected chi connectivity index (χ0v) is 8.50. The van der Waals surface area contributed by atoms with Crippen molar-refractivity contribution in [1.82, 2.24) is 10.2 Å². The molecule has 1 aliphatic heterocycles. The molecule has 15 heavy (non-hydrogen) atoms. The Morgan fingerprint density at radius 1 is 1.53 bits per heavy atom. The predicted molar refractivity (Wildman–Crippen MR) is 55.1 cm³/mol. The van der Waals surface area contributed by atoms with E-state index in [2.05, 4.69) is 5.32 Å². The molecule has 0 spiro atoms. The maximum Gasteiger partial charge on any atom is 0.274 e. The average molecular weight is 205 g/mol. The Morgan fingerprint density at radius 2 is 2.27 bits per heavy atom. The van der Waals surface area contributed by atoms with Crippen molar-refractivity contribution in [3.63, 3.8) is 0 Å². The van der Waals surface area contributed by atoms with E-state index in [0.717, 1.165) is 5.76 Å². The Hall–Kier alpha value is -2.04. The van der Waals surface area contributed by atoms with Gasteiger partial charge in [-0.2, -0.15) is 0 Å². The number of nitrogens with one attached hydrogen (secondary N) is 2. The van der Waals surface area contributed by atoms with Crippen LogP contribution >= 0.6 is 0 Å².